The van der Waals surface area contributed by atoms with Crippen LogP contribution in [0.2, 0.25) is 0 Å². The summed E-state index contributed by atoms with van der Waals surface area (Å²) in [6.07, 6.45) is 0. The molecular weight excluding hydrogens is 933 g/mol. The van der Waals surface area contributed by atoms with Gasteiger partial charge in [0.2, 0.25) is 0 Å². The molecule has 0 N–H and O–H groups in total. The van der Waals surface area contributed by atoms with Gasteiger partial charge in [0.15, 0.2) is 0 Å². The van der Waals surface area contributed by atoms with Crippen LogP contribution in [0.5, 0.6) is 0 Å². The van der Waals surface area contributed by atoms with E-state index in [2.05, 4.69) is 200 Å². The quantitative estimate of drug-likeness (QED) is 0.176. The lowest BCUT2D eigenvalue weighted by atomic mass is 9.98. The summed E-state index contributed by atoms with van der Waals surface area (Å²) in [6.45, 7) is 0. The first-order valence-corrected chi connectivity index (χ1v) is 25.4. The van der Waals surface area contributed by atoms with Crippen molar-refractivity contribution in [3.8, 4) is 34.9 Å². The molecule has 0 aliphatic carbocycles. The molecule has 0 bridgehead atoms. The van der Waals surface area contributed by atoms with E-state index in [0.29, 0.717) is 22.7 Å². The van der Waals surface area contributed by atoms with Gasteiger partial charge in [-0.05, 0) is 72.8 Å². The van der Waals surface area contributed by atoms with Crippen LogP contribution < -0.4 is 0 Å². The molecule has 0 saturated heterocycles. The van der Waals surface area contributed by atoms with Gasteiger partial charge in [-0.25, -0.2) is 0 Å². The second-order valence-electron chi connectivity index (χ2n) is 19.7. The molecule has 11 aromatic carbocycles. The third-order valence-electron chi connectivity index (χ3n) is 16.0. The number of aromatic nitrogens is 4. The minimum absolute atomic E-state index is 0.237. The van der Waals surface area contributed by atoms with E-state index >= 15 is 0 Å². The summed E-state index contributed by atoms with van der Waals surface area (Å²) >= 11 is 0. The first-order chi connectivity index (χ1) is 37.7. The van der Waals surface area contributed by atoms with E-state index in [1.54, 1.807) is 0 Å². The number of nitrogens with zero attached hydrogens (tertiary/aromatic N) is 6. The molecular formula is C68H36N6O2. The van der Waals surface area contributed by atoms with Gasteiger partial charge in [0.25, 0.3) is 0 Å². The topological polar surface area (TPSA) is 93.6 Å². The zero-order valence-corrected chi connectivity index (χ0v) is 40.3. The summed E-state index contributed by atoms with van der Waals surface area (Å²) in [4.78, 5) is 0. The summed E-state index contributed by atoms with van der Waals surface area (Å²) in [7, 11) is 0. The van der Waals surface area contributed by atoms with Crippen LogP contribution >= 0.6 is 0 Å². The van der Waals surface area contributed by atoms with Crippen molar-refractivity contribution in [3.63, 3.8) is 0 Å². The van der Waals surface area contributed by atoms with Crippen LogP contribution in [0.1, 0.15) is 11.1 Å². The van der Waals surface area contributed by atoms with Crippen LogP contribution in [-0.4, -0.2) is 18.3 Å². The Kier molecular flexibility index (Phi) is 7.99. The highest BCUT2D eigenvalue weighted by atomic mass is 16.3. The van der Waals surface area contributed by atoms with Gasteiger partial charge in [0.1, 0.15) is 34.5 Å². The Morgan fingerprint density at radius 2 is 0.526 bits per heavy atom. The van der Waals surface area contributed by atoms with Crippen molar-refractivity contribution in [1.82, 2.24) is 18.3 Å². The highest BCUT2D eigenvalue weighted by molar-refractivity contribution is 6.26. The molecule has 0 atom stereocenters. The lowest BCUT2D eigenvalue weighted by Gasteiger charge is -2.27. The maximum atomic E-state index is 12.3. The molecule has 8 nitrogen and oxygen atoms in total. The standard InChI is InChI=1S/C68H36N6O2/c69-37-49-50(38-70)64(72-53-27-11-3-19-41(53)42-20-4-12-28-54(42)72)66(74-56-30-14-6-24-48(56)62-58(74)36-34-46-44-22-8-16-32-60(44)76-68(46)62)65(63(49)71-51-25-9-1-17-39(51)40-18-2-10-26-52(40)71)73-55-29-13-5-23-47(55)61-57(73)35-33-45-43-21-7-15-31-59(43)75-67(45)61/h1-36H. The minimum atomic E-state index is 0.237. The molecule has 0 spiro atoms. The van der Waals surface area contributed by atoms with E-state index in [4.69, 9.17) is 8.83 Å². The van der Waals surface area contributed by atoms with Crippen molar-refractivity contribution in [1.29, 1.82) is 10.5 Å². The third kappa shape index (κ3) is 5.09. The number of fused-ring (bicyclic) bond motifs is 20. The summed E-state index contributed by atoms with van der Waals surface area (Å²) in [6, 6.07) is 81.1. The lowest BCUT2D eigenvalue weighted by molar-refractivity contribution is 0.672. The van der Waals surface area contributed by atoms with E-state index in [0.717, 1.165) is 131 Å². The summed E-state index contributed by atoms with van der Waals surface area (Å²) in [5, 5.41) is 36.6. The second-order valence-corrected chi connectivity index (χ2v) is 19.7. The fraction of sp³-hybridized carbons (Fsp3) is 0. The average Bonchev–Trinajstić information content (AvgIpc) is 4.47. The number of hydrogen-bond acceptors (Lipinski definition) is 4. The predicted molar refractivity (Wildman–Crippen MR) is 308 cm³/mol. The van der Waals surface area contributed by atoms with Crippen molar-refractivity contribution in [2.45, 2.75) is 0 Å². The van der Waals surface area contributed by atoms with Crippen molar-refractivity contribution in [2.24, 2.45) is 0 Å². The number of hydrogen-bond donors (Lipinski definition) is 0. The maximum Gasteiger partial charge on any atom is 0.145 e. The molecule has 0 amide bonds. The van der Waals surface area contributed by atoms with E-state index in [1.807, 2.05) is 48.5 Å². The highest BCUT2D eigenvalue weighted by Crippen LogP contribution is 2.51. The van der Waals surface area contributed by atoms with Crippen molar-refractivity contribution < 1.29 is 8.83 Å². The van der Waals surface area contributed by atoms with Crippen molar-refractivity contribution in [3.05, 3.63) is 230 Å². The first-order valence-electron chi connectivity index (χ1n) is 25.4. The molecule has 6 heterocycles. The number of benzene rings is 11. The average molecular weight is 969 g/mol. The van der Waals surface area contributed by atoms with Crippen LogP contribution in [-0.2, 0) is 0 Å². The summed E-state index contributed by atoms with van der Waals surface area (Å²) in [5.41, 5.74) is 13.3. The van der Waals surface area contributed by atoms with E-state index in [9.17, 15) is 10.5 Å². The molecule has 0 saturated carbocycles. The Hall–Kier alpha value is -10.8. The number of para-hydroxylation sites is 8. The number of nitriles is 2. The van der Waals surface area contributed by atoms with E-state index in [1.165, 1.54) is 0 Å². The second kappa shape index (κ2) is 14.9. The number of rotatable bonds is 4. The van der Waals surface area contributed by atoms with Gasteiger partial charge < -0.3 is 27.1 Å². The molecule has 0 aliphatic heterocycles. The van der Waals surface area contributed by atoms with Crippen LogP contribution in [0, 0.1) is 22.7 Å². The molecule has 6 aromatic heterocycles. The predicted octanol–water partition coefficient (Wildman–Crippen LogP) is 17.6. The summed E-state index contributed by atoms with van der Waals surface area (Å²) < 4.78 is 23.0. The fourth-order valence-electron chi connectivity index (χ4n) is 13.1. The maximum absolute atomic E-state index is 12.3. The van der Waals surface area contributed by atoms with Crippen LogP contribution in [0.3, 0.4) is 0 Å². The van der Waals surface area contributed by atoms with Crippen LogP contribution in [0.4, 0.5) is 0 Å². The van der Waals surface area contributed by atoms with E-state index in [-0.39, 0.29) is 11.1 Å². The SMILES string of the molecule is N#Cc1c(C#N)c(-n2c3ccccc3c3ccccc32)c(-n2c3ccccc3c3c4oc5ccccc5c4ccc32)c(-n2c3ccccc3c3c4oc5ccccc5c4ccc32)c1-n1c2ccccc2c2ccccc21. The van der Waals surface area contributed by atoms with Crippen LogP contribution in [0.15, 0.2) is 227 Å². The molecule has 17 aromatic rings. The van der Waals surface area contributed by atoms with Gasteiger partial charge in [-0.15, -0.1) is 0 Å². The minimum Gasteiger partial charge on any atom is -0.455 e. The van der Waals surface area contributed by atoms with E-state index < -0.39 is 0 Å². The largest absolute Gasteiger partial charge is 0.455 e. The molecule has 0 aliphatic rings. The normalized spacial score (nSPS) is 12.2. The molecule has 0 fully saturated rings. The Morgan fingerprint density at radius 1 is 0.250 bits per heavy atom. The van der Waals surface area contributed by atoms with Gasteiger partial charge in [-0.1, -0.05) is 146 Å². The molecule has 350 valence electrons. The highest BCUT2D eigenvalue weighted by Gasteiger charge is 2.35. The molecule has 17 rings (SSSR count). The Morgan fingerprint density at radius 3 is 0.868 bits per heavy atom. The molecule has 0 radical (unpaired) electrons. The molecule has 8 heteroatoms. The third-order valence-corrected chi connectivity index (χ3v) is 16.0. The van der Waals surface area contributed by atoms with Crippen molar-refractivity contribution in [2.75, 3.05) is 0 Å². The van der Waals surface area contributed by atoms with Gasteiger partial charge in [-0.2, -0.15) is 10.5 Å². The van der Waals surface area contributed by atoms with Gasteiger partial charge in [-0.3, -0.25) is 0 Å². The zero-order valence-electron chi connectivity index (χ0n) is 40.3. The fourth-order valence-corrected chi connectivity index (χ4v) is 13.1. The monoisotopic (exact) mass is 968 g/mol. The molecule has 76 heavy (non-hydrogen) atoms. The van der Waals surface area contributed by atoms with Gasteiger partial charge >= 0.3 is 0 Å². The van der Waals surface area contributed by atoms with Crippen molar-refractivity contribution >= 4 is 131 Å². The Bertz CT molecular complexity index is 5070. The Labute approximate surface area is 431 Å². The smallest absolute Gasteiger partial charge is 0.145 e. The lowest BCUT2D eigenvalue weighted by Crippen LogP contribution is -2.17. The molecule has 0 unspecified atom stereocenters. The van der Waals surface area contributed by atoms with Gasteiger partial charge in [0, 0.05) is 53.9 Å². The number of furan rings is 2. The first kappa shape index (κ1) is 40.8. The Balaban J connectivity index is 1.21. The zero-order chi connectivity index (χ0) is 49.9. The van der Waals surface area contributed by atoms with Crippen LogP contribution in [0.25, 0.3) is 154 Å². The van der Waals surface area contributed by atoms with Gasteiger partial charge in [0.05, 0.1) is 88.8 Å². The summed E-state index contributed by atoms with van der Waals surface area (Å²) in [5.74, 6) is 0.